The third-order valence-electron chi connectivity index (χ3n) is 4.57. The first kappa shape index (κ1) is 17.8. The summed E-state index contributed by atoms with van der Waals surface area (Å²) in [4.78, 5) is 14.6. The molecule has 2 aromatic carbocycles. The molecule has 0 spiro atoms. The summed E-state index contributed by atoms with van der Waals surface area (Å²) in [5.74, 6) is -0.542. The number of hydrogen-bond donors (Lipinski definition) is 1. The second-order valence-electron chi connectivity index (χ2n) is 6.10. The fraction of sp³-hybridized carbons (Fsp3) is 0.263. The van der Waals surface area contributed by atoms with Crippen LogP contribution in [0.15, 0.2) is 47.6 Å². The van der Waals surface area contributed by atoms with E-state index in [1.54, 1.807) is 23.1 Å². The summed E-state index contributed by atoms with van der Waals surface area (Å²) < 4.78 is 0. The number of amides is 1. The van der Waals surface area contributed by atoms with Crippen molar-refractivity contribution in [1.82, 2.24) is 4.90 Å². The quantitative estimate of drug-likeness (QED) is 0.484. The molecule has 1 N–H and O–H groups in total. The van der Waals surface area contributed by atoms with Crippen molar-refractivity contribution in [3.05, 3.63) is 69.2 Å². The molecular formula is C19H18Cl2N2O2. The summed E-state index contributed by atoms with van der Waals surface area (Å²) in [5.41, 5.74) is 2.91. The van der Waals surface area contributed by atoms with Crippen LogP contribution in [0, 0.1) is 12.8 Å². The van der Waals surface area contributed by atoms with E-state index in [0.717, 1.165) is 16.7 Å². The summed E-state index contributed by atoms with van der Waals surface area (Å²) in [5, 5.41) is 14.0. The fourth-order valence-corrected chi connectivity index (χ4v) is 3.71. The summed E-state index contributed by atoms with van der Waals surface area (Å²) in [6.07, 6.45) is 0.592. The molecule has 1 aliphatic heterocycles. The minimum absolute atomic E-state index is 0.0768. The maximum Gasteiger partial charge on any atom is 0.232 e. The van der Waals surface area contributed by atoms with Crippen LogP contribution in [-0.4, -0.2) is 28.3 Å². The number of nitrogens with zero attached hydrogens (tertiary/aromatic N) is 2. The van der Waals surface area contributed by atoms with Gasteiger partial charge in [0.05, 0.1) is 11.6 Å². The van der Waals surface area contributed by atoms with Crippen LogP contribution in [0.3, 0.4) is 0 Å². The van der Waals surface area contributed by atoms with E-state index in [1.165, 1.54) is 0 Å². The minimum Gasteiger partial charge on any atom is -0.411 e. The Morgan fingerprint density at radius 2 is 1.88 bits per heavy atom. The highest BCUT2D eigenvalue weighted by Crippen LogP contribution is 2.30. The van der Waals surface area contributed by atoms with E-state index in [-0.39, 0.29) is 5.91 Å². The highest BCUT2D eigenvalue weighted by molar-refractivity contribution is 6.36. The van der Waals surface area contributed by atoms with Crippen molar-refractivity contribution >= 4 is 34.8 Å². The van der Waals surface area contributed by atoms with E-state index in [4.69, 9.17) is 23.2 Å². The number of hydrogen-bond acceptors (Lipinski definition) is 3. The van der Waals surface area contributed by atoms with Gasteiger partial charge in [0, 0.05) is 34.3 Å². The van der Waals surface area contributed by atoms with E-state index in [2.05, 4.69) is 5.16 Å². The molecule has 0 aliphatic carbocycles. The molecule has 0 saturated carbocycles. The number of carbonyl (C=O) groups is 1. The third kappa shape index (κ3) is 3.51. The number of benzene rings is 2. The van der Waals surface area contributed by atoms with Crippen molar-refractivity contribution in [2.75, 3.05) is 6.54 Å². The first-order valence-electron chi connectivity index (χ1n) is 8.02. The number of carbonyl (C=O) groups excluding carboxylic acids is 1. The van der Waals surface area contributed by atoms with Crippen LogP contribution in [-0.2, 0) is 11.3 Å². The van der Waals surface area contributed by atoms with Crippen molar-refractivity contribution in [2.45, 2.75) is 19.9 Å². The topological polar surface area (TPSA) is 52.9 Å². The summed E-state index contributed by atoms with van der Waals surface area (Å²) in [6.45, 7) is 2.84. The zero-order valence-corrected chi connectivity index (χ0v) is 15.3. The van der Waals surface area contributed by atoms with Gasteiger partial charge in [0.25, 0.3) is 0 Å². The SMILES string of the molecule is Cc1ccccc1C(=NO)C1CCN(Cc2c(Cl)cccc2Cl)C1=O. The van der Waals surface area contributed by atoms with E-state index in [9.17, 15) is 10.0 Å². The fourth-order valence-electron chi connectivity index (χ4n) is 3.20. The smallest absolute Gasteiger partial charge is 0.232 e. The van der Waals surface area contributed by atoms with Gasteiger partial charge in [-0.1, -0.05) is 58.7 Å². The van der Waals surface area contributed by atoms with Crippen LogP contribution < -0.4 is 0 Å². The van der Waals surface area contributed by atoms with Gasteiger partial charge in [0.15, 0.2) is 0 Å². The maximum atomic E-state index is 12.9. The van der Waals surface area contributed by atoms with Crippen LogP contribution in [0.25, 0.3) is 0 Å². The van der Waals surface area contributed by atoms with Gasteiger partial charge in [-0.2, -0.15) is 0 Å². The Morgan fingerprint density at radius 1 is 1.20 bits per heavy atom. The van der Waals surface area contributed by atoms with Crippen molar-refractivity contribution in [3.8, 4) is 0 Å². The molecule has 1 unspecified atom stereocenters. The normalized spacial score (nSPS) is 18.0. The minimum atomic E-state index is -0.465. The van der Waals surface area contributed by atoms with Crippen LogP contribution in [0.1, 0.15) is 23.1 Å². The van der Waals surface area contributed by atoms with Crippen LogP contribution in [0.2, 0.25) is 10.0 Å². The lowest BCUT2D eigenvalue weighted by atomic mass is 9.92. The predicted molar refractivity (Wildman–Crippen MR) is 99.5 cm³/mol. The average Bonchev–Trinajstić information content (AvgIpc) is 2.94. The molecule has 2 aromatic rings. The number of oxime groups is 1. The van der Waals surface area contributed by atoms with Gasteiger partial charge >= 0.3 is 0 Å². The highest BCUT2D eigenvalue weighted by Gasteiger charge is 2.37. The Morgan fingerprint density at radius 3 is 2.52 bits per heavy atom. The second kappa shape index (κ2) is 7.46. The van der Waals surface area contributed by atoms with Crippen molar-refractivity contribution in [3.63, 3.8) is 0 Å². The van der Waals surface area contributed by atoms with Gasteiger partial charge in [0.1, 0.15) is 0 Å². The molecule has 25 heavy (non-hydrogen) atoms. The highest BCUT2D eigenvalue weighted by atomic mass is 35.5. The first-order valence-corrected chi connectivity index (χ1v) is 8.78. The van der Waals surface area contributed by atoms with Gasteiger partial charge in [-0.05, 0) is 31.0 Å². The largest absolute Gasteiger partial charge is 0.411 e. The molecule has 4 nitrogen and oxygen atoms in total. The summed E-state index contributed by atoms with van der Waals surface area (Å²) in [7, 11) is 0. The molecule has 6 heteroatoms. The molecule has 130 valence electrons. The Balaban J connectivity index is 1.83. The van der Waals surface area contributed by atoms with Crippen LogP contribution in [0.5, 0.6) is 0 Å². The molecule has 1 saturated heterocycles. The predicted octanol–water partition coefficient (Wildman–Crippen LogP) is 4.53. The lowest BCUT2D eigenvalue weighted by molar-refractivity contribution is -0.129. The zero-order valence-electron chi connectivity index (χ0n) is 13.7. The standard InChI is InChI=1S/C19H18Cl2N2O2/c1-12-5-2-3-6-13(12)18(22-25)14-9-10-23(19(14)24)11-15-16(20)7-4-8-17(15)21/h2-8,14,25H,9-11H2,1H3. The lowest BCUT2D eigenvalue weighted by Crippen LogP contribution is -2.31. The summed E-state index contributed by atoms with van der Waals surface area (Å²) in [6, 6.07) is 12.9. The molecular weight excluding hydrogens is 359 g/mol. The summed E-state index contributed by atoms with van der Waals surface area (Å²) >= 11 is 12.4. The first-order chi connectivity index (χ1) is 12.0. The van der Waals surface area contributed by atoms with Gasteiger partial charge in [-0.25, -0.2) is 0 Å². The average molecular weight is 377 g/mol. The van der Waals surface area contributed by atoms with E-state index < -0.39 is 5.92 Å². The van der Waals surface area contributed by atoms with E-state index in [1.807, 2.05) is 31.2 Å². The Kier molecular flexibility index (Phi) is 5.30. The maximum absolute atomic E-state index is 12.9. The van der Waals surface area contributed by atoms with Crippen molar-refractivity contribution in [1.29, 1.82) is 0 Å². The van der Waals surface area contributed by atoms with E-state index in [0.29, 0.717) is 35.3 Å². The Hall–Kier alpha value is -2.04. The Bertz CT molecular complexity index is 816. The number of aryl methyl sites for hydroxylation is 1. The van der Waals surface area contributed by atoms with E-state index >= 15 is 0 Å². The molecule has 0 aromatic heterocycles. The molecule has 1 aliphatic rings. The van der Waals surface area contributed by atoms with Crippen LogP contribution >= 0.6 is 23.2 Å². The Labute approximate surface area is 156 Å². The molecule has 3 rings (SSSR count). The van der Waals surface area contributed by atoms with Gasteiger partial charge in [-0.3, -0.25) is 4.79 Å². The van der Waals surface area contributed by atoms with Gasteiger partial charge in [-0.15, -0.1) is 0 Å². The number of likely N-dealkylation sites (tertiary alicyclic amines) is 1. The third-order valence-corrected chi connectivity index (χ3v) is 5.28. The number of halogens is 2. The lowest BCUT2D eigenvalue weighted by Gasteiger charge is -2.19. The van der Waals surface area contributed by atoms with Crippen molar-refractivity contribution < 1.29 is 10.0 Å². The van der Waals surface area contributed by atoms with Crippen LogP contribution in [0.4, 0.5) is 0 Å². The molecule has 1 atom stereocenters. The molecule has 1 fully saturated rings. The monoisotopic (exact) mass is 376 g/mol. The molecule has 1 heterocycles. The molecule has 0 radical (unpaired) electrons. The van der Waals surface area contributed by atoms with Gasteiger partial charge < -0.3 is 10.1 Å². The van der Waals surface area contributed by atoms with Gasteiger partial charge in [0.2, 0.25) is 5.91 Å². The van der Waals surface area contributed by atoms with Crippen molar-refractivity contribution in [2.24, 2.45) is 11.1 Å². The molecule has 1 amide bonds. The number of rotatable bonds is 4. The zero-order chi connectivity index (χ0) is 18.0. The second-order valence-corrected chi connectivity index (χ2v) is 6.92. The molecule has 0 bridgehead atoms.